The van der Waals surface area contributed by atoms with Crippen molar-refractivity contribution in [3.8, 4) is 6.07 Å². The number of amides is 1. The molecule has 8 heteroatoms. The minimum atomic E-state index is -0.677. The molecule has 128 valence electrons. The lowest BCUT2D eigenvalue weighted by Gasteiger charge is -2.09. The zero-order chi connectivity index (χ0) is 18.7. The number of carbonyl (C=O) groups excluding carboxylic acids is 1. The average molecular weight is 359 g/mol. The number of nitrogens with one attached hydrogen (secondary N) is 1. The second-order valence-electron chi connectivity index (χ2n) is 5.38. The molecular formula is C17H15ClN4O3. The van der Waals surface area contributed by atoms with Crippen molar-refractivity contribution < 1.29 is 4.79 Å². The molecule has 0 atom stereocenters. The second-order valence-corrected chi connectivity index (χ2v) is 5.79. The molecule has 1 N–H and O–H groups in total. The zero-order valence-electron chi connectivity index (χ0n) is 13.8. The summed E-state index contributed by atoms with van der Waals surface area (Å²) < 4.78 is 2.10. The van der Waals surface area contributed by atoms with Crippen LogP contribution in [0.1, 0.15) is 11.1 Å². The van der Waals surface area contributed by atoms with Gasteiger partial charge in [-0.05, 0) is 30.7 Å². The number of carbonyl (C=O) groups is 1. The monoisotopic (exact) mass is 358 g/mol. The van der Waals surface area contributed by atoms with Gasteiger partial charge in [-0.1, -0.05) is 17.7 Å². The number of benzene rings is 1. The molecule has 1 amide bonds. The molecule has 0 saturated carbocycles. The molecule has 1 heterocycles. The number of aryl methyl sites for hydroxylation is 1. The molecule has 25 heavy (non-hydrogen) atoms. The molecule has 2 rings (SSSR count). The van der Waals surface area contributed by atoms with Gasteiger partial charge in [0.15, 0.2) is 0 Å². The summed E-state index contributed by atoms with van der Waals surface area (Å²) in [6, 6.07) is 6.77. The number of nitrogens with zero attached hydrogens (tertiary/aromatic N) is 3. The van der Waals surface area contributed by atoms with Gasteiger partial charge in [0.25, 0.3) is 11.5 Å². The molecule has 2 aromatic rings. The Kier molecular flexibility index (Phi) is 5.25. The number of aromatic nitrogens is 2. The number of halogens is 1. The summed E-state index contributed by atoms with van der Waals surface area (Å²) in [6.07, 6.45) is 2.43. The molecule has 0 aliphatic heterocycles. The van der Waals surface area contributed by atoms with Gasteiger partial charge in [-0.25, -0.2) is 4.79 Å². The van der Waals surface area contributed by atoms with Crippen LogP contribution >= 0.6 is 11.6 Å². The van der Waals surface area contributed by atoms with Gasteiger partial charge < -0.3 is 9.88 Å². The molecule has 0 bridgehead atoms. The highest BCUT2D eigenvalue weighted by molar-refractivity contribution is 6.31. The number of hydrogen-bond acceptors (Lipinski definition) is 4. The molecule has 0 fully saturated rings. The highest BCUT2D eigenvalue weighted by Crippen LogP contribution is 2.23. The van der Waals surface area contributed by atoms with Gasteiger partial charge >= 0.3 is 5.69 Å². The standard InChI is InChI=1S/C17H15ClN4O3/c1-10-13(18)5-4-6-14(10)20-15(23)11(8-19)7-12-9-21(2)17(25)22(3)16(12)24/h4-7,9H,1-3H3,(H,20,23)/b11-7+. The molecular weight excluding hydrogens is 344 g/mol. The van der Waals surface area contributed by atoms with Crippen LogP contribution in [-0.4, -0.2) is 15.0 Å². The molecule has 1 aromatic carbocycles. The smallest absolute Gasteiger partial charge is 0.321 e. The van der Waals surface area contributed by atoms with Crippen LogP contribution in [0.25, 0.3) is 6.08 Å². The Morgan fingerprint density at radius 3 is 2.64 bits per heavy atom. The van der Waals surface area contributed by atoms with Gasteiger partial charge in [-0.3, -0.25) is 14.2 Å². The fraction of sp³-hybridized carbons (Fsp3) is 0.176. The normalized spacial score (nSPS) is 11.1. The van der Waals surface area contributed by atoms with Gasteiger partial charge in [-0.15, -0.1) is 0 Å². The number of anilines is 1. The van der Waals surface area contributed by atoms with Crippen LogP contribution in [0.15, 0.2) is 39.6 Å². The Labute approximate surface area is 148 Å². The third kappa shape index (κ3) is 3.70. The van der Waals surface area contributed by atoms with Crippen molar-refractivity contribution in [3.05, 3.63) is 67.0 Å². The van der Waals surface area contributed by atoms with E-state index < -0.39 is 17.2 Å². The van der Waals surface area contributed by atoms with Crippen molar-refractivity contribution in [2.45, 2.75) is 6.92 Å². The van der Waals surface area contributed by atoms with E-state index in [0.29, 0.717) is 16.3 Å². The maximum atomic E-state index is 12.3. The fourth-order valence-corrected chi connectivity index (χ4v) is 2.35. The molecule has 0 radical (unpaired) electrons. The Morgan fingerprint density at radius 2 is 2.00 bits per heavy atom. The summed E-state index contributed by atoms with van der Waals surface area (Å²) in [6.45, 7) is 1.73. The molecule has 0 unspecified atom stereocenters. The van der Waals surface area contributed by atoms with Crippen molar-refractivity contribution in [2.24, 2.45) is 14.1 Å². The van der Waals surface area contributed by atoms with Crippen LogP contribution in [0.5, 0.6) is 0 Å². The van der Waals surface area contributed by atoms with Crippen molar-refractivity contribution in [2.75, 3.05) is 5.32 Å². The topological polar surface area (TPSA) is 96.9 Å². The minimum Gasteiger partial charge on any atom is -0.321 e. The van der Waals surface area contributed by atoms with Gasteiger partial charge in [0.2, 0.25) is 0 Å². The number of nitriles is 1. The highest BCUT2D eigenvalue weighted by atomic mass is 35.5. The van der Waals surface area contributed by atoms with E-state index in [1.165, 1.54) is 24.9 Å². The van der Waals surface area contributed by atoms with Crippen molar-refractivity contribution in [1.82, 2.24) is 9.13 Å². The first-order valence-electron chi connectivity index (χ1n) is 7.21. The van der Waals surface area contributed by atoms with E-state index in [9.17, 15) is 19.6 Å². The van der Waals surface area contributed by atoms with Crippen LogP contribution in [0.4, 0.5) is 5.69 Å². The summed E-state index contributed by atoms with van der Waals surface area (Å²) >= 11 is 6.00. The highest BCUT2D eigenvalue weighted by Gasteiger charge is 2.14. The number of rotatable bonds is 3. The summed E-state index contributed by atoms with van der Waals surface area (Å²) in [4.78, 5) is 36.1. The van der Waals surface area contributed by atoms with E-state index >= 15 is 0 Å². The minimum absolute atomic E-state index is 0.0547. The third-order valence-corrected chi connectivity index (χ3v) is 4.06. The first-order chi connectivity index (χ1) is 11.8. The zero-order valence-corrected chi connectivity index (χ0v) is 14.6. The van der Waals surface area contributed by atoms with Crippen LogP contribution in [0.3, 0.4) is 0 Å². The molecule has 0 aliphatic carbocycles. The van der Waals surface area contributed by atoms with Gasteiger partial charge in [-0.2, -0.15) is 5.26 Å². The molecule has 7 nitrogen and oxygen atoms in total. The fourth-order valence-electron chi connectivity index (χ4n) is 2.17. The quantitative estimate of drug-likeness (QED) is 0.665. The summed E-state index contributed by atoms with van der Waals surface area (Å²) in [7, 11) is 2.80. The van der Waals surface area contributed by atoms with E-state index in [0.717, 1.165) is 10.6 Å². The Balaban J connectivity index is 2.44. The summed E-state index contributed by atoms with van der Waals surface area (Å²) in [5, 5.41) is 12.3. The van der Waals surface area contributed by atoms with E-state index in [1.54, 1.807) is 31.2 Å². The van der Waals surface area contributed by atoms with Crippen LogP contribution in [-0.2, 0) is 18.9 Å². The van der Waals surface area contributed by atoms with E-state index in [2.05, 4.69) is 5.32 Å². The first kappa shape index (κ1) is 18.2. The lowest BCUT2D eigenvalue weighted by Crippen LogP contribution is -2.37. The summed E-state index contributed by atoms with van der Waals surface area (Å²) in [5.74, 6) is -0.677. The summed E-state index contributed by atoms with van der Waals surface area (Å²) in [5.41, 5.74) is -0.184. The van der Waals surface area contributed by atoms with Crippen LogP contribution in [0, 0.1) is 18.3 Å². The lowest BCUT2D eigenvalue weighted by molar-refractivity contribution is -0.112. The SMILES string of the molecule is Cc1c(Cl)cccc1NC(=O)/C(C#N)=C/c1cn(C)c(=O)n(C)c1=O. The molecule has 0 aliphatic rings. The average Bonchev–Trinajstić information content (AvgIpc) is 2.59. The number of hydrogen-bond donors (Lipinski definition) is 1. The van der Waals surface area contributed by atoms with Crippen LogP contribution < -0.4 is 16.6 Å². The molecule has 1 aromatic heterocycles. The maximum Gasteiger partial charge on any atom is 0.330 e. The third-order valence-electron chi connectivity index (χ3n) is 3.65. The maximum absolute atomic E-state index is 12.3. The predicted molar refractivity (Wildman–Crippen MR) is 95.3 cm³/mol. The molecule has 0 saturated heterocycles. The Hall–Kier alpha value is -3.11. The van der Waals surface area contributed by atoms with Crippen molar-refractivity contribution in [3.63, 3.8) is 0 Å². The first-order valence-corrected chi connectivity index (χ1v) is 7.59. The van der Waals surface area contributed by atoms with Gasteiger partial charge in [0.1, 0.15) is 11.6 Å². The Bertz CT molecular complexity index is 1040. The van der Waals surface area contributed by atoms with Gasteiger partial charge in [0.05, 0.1) is 5.56 Å². The molecule has 0 spiro atoms. The van der Waals surface area contributed by atoms with E-state index in [4.69, 9.17) is 11.6 Å². The second kappa shape index (κ2) is 7.20. The largest absolute Gasteiger partial charge is 0.330 e. The van der Waals surface area contributed by atoms with Gasteiger partial charge in [0, 0.05) is 31.0 Å². The van der Waals surface area contributed by atoms with Crippen molar-refractivity contribution >= 4 is 29.3 Å². The Morgan fingerprint density at radius 1 is 1.32 bits per heavy atom. The van der Waals surface area contributed by atoms with Crippen LogP contribution in [0.2, 0.25) is 5.02 Å². The van der Waals surface area contributed by atoms with E-state index in [1.807, 2.05) is 0 Å². The lowest BCUT2D eigenvalue weighted by atomic mass is 10.1. The predicted octanol–water partition coefficient (Wildman–Crippen LogP) is 1.59. The van der Waals surface area contributed by atoms with E-state index in [-0.39, 0.29) is 11.1 Å². The van der Waals surface area contributed by atoms with Crippen molar-refractivity contribution in [1.29, 1.82) is 5.26 Å².